The molecule has 0 aromatic carbocycles. The van der Waals surface area contributed by atoms with Crippen LogP contribution >= 0.6 is 0 Å². The van der Waals surface area contributed by atoms with Crippen LogP contribution in [0.5, 0.6) is 0 Å². The lowest BCUT2D eigenvalue weighted by Gasteiger charge is -2.49. The van der Waals surface area contributed by atoms with Gasteiger partial charge in [0.05, 0.1) is 32.3 Å². The van der Waals surface area contributed by atoms with Crippen LogP contribution in [0.4, 0.5) is 0 Å². The highest BCUT2D eigenvalue weighted by Gasteiger charge is 2.50. The van der Waals surface area contributed by atoms with Gasteiger partial charge in [-0.3, -0.25) is 0 Å². The van der Waals surface area contributed by atoms with Crippen molar-refractivity contribution in [1.82, 2.24) is 0 Å². The molecule has 2 nitrogen and oxygen atoms in total. The maximum atomic E-state index is 10.3. The summed E-state index contributed by atoms with van der Waals surface area (Å²) in [7, 11) is 2.45. The number of rotatable bonds is 1. The van der Waals surface area contributed by atoms with E-state index in [-0.39, 0.29) is 6.10 Å². The number of fused-ring (bicyclic) bond motifs is 2. The Labute approximate surface area is 99.2 Å². The first-order chi connectivity index (χ1) is 7.71. The van der Waals surface area contributed by atoms with Gasteiger partial charge in [-0.1, -0.05) is 0 Å². The van der Waals surface area contributed by atoms with Crippen LogP contribution in [0.3, 0.4) is 0 Å². The third-order valence-electron chi connectivity index (χ3n) is 5.76. The maximum Gasteiger partial charge on any atom is 0.0941 e. The van der Waals surface area contributed by atoms with E-state index in [4.69, 9.17) is 0 Å². The van der Waals surface area contributed by atoms with Crippen LogP contribution < -0.4 is 0 Å². The molecule has 2 heteroatoms. The van der Waals surface area contributed by atoms with E-state index < -0.39 is 0 Å². The van der Waals surface area contributed by atoms with Crippen LogP contribution in [-0.4, -0.2) is 41.9 Å². The number of hydrogen-bond acceptors (Lipinski definition) is 1. The van der Waals surface area contributed by atoms with E-state index in [2.05, 4.69) is 7.05 Å². The number of aliphatic hydroxyl groups excluding tert-OH is 1. The molecule has 1 N–H and O–H groups in total. The molecule has 2 aliphatic carbocycles. The van der Waals surface area contributed by atoms with E-state index in [0.717, 1.165) is 6.04 Å². The van der Waals surface area contributed by atoms with Crippen molar-refractivity contribution in [3.63, 3.8) is 0 Å². The summed E-state index contributed by atoms with van der Waals surface area (Å²) >= 11 is 0. The van der Waals surface area contributed by atoms with Crippen molar-refractivity contribution in [3.8, 4) is 0 Å². The minimum absolute atomic E-state index is 0.0376. The number of quaternary nitrogens is 1. The first-order valence-corrected chi connectivity index (χ1v) is 7.23. The number of nitrogens with zero attached hydrogens (tertiary/aromatic N) is 1. The van der Waals surface area contributed by atoms with Gasteiger partial charge in [-0.05, 0) is 44.4 Å². The van der Waals surface area contributed by atoms with Crippen LogP contribution in [0.1, 0.15) is 44.9 Å². The van der Waals surface area contributed by atoms with Crippen molar-refractivity contribution in [1.29, 1.82) is 0 Å². The summed E-state index contributed by atoms with van der Waals surface area (Å²) in [6.45, 7) is 2.72. The van der Waals surface area contributed by atoms with Gasteiger partial charge in [-0.15, -0.1) is 0 Å². The standard InChI is InChI=1S/C14H26NO/c1-15(9-3-2-4-10-15)13-8-6-11-5-7-12(13)14(11)16/h11-14,16H,2-10H2,1H3/q+1/t11-,12-,13+,14+/m0/s1. The monoisotopic (exact) mass is 224 g/mol. The highest BCUT2D eigenvalue weighted by Crippen LogP contribution is 2.46. The molecule has 0 radical (unpaired) electrons. The van der Waals surface area contributed by atoms with Crippen LogP contribution in [0.15, 0.2) is 0 Å². The third kappa shape index (κ3) is 1.62. The van der Waals surface area contributed by atoms with Gasteiger partial charge in [0.2, 0.25) is 0 Å². The Morgan fingerprint density at radius 3 is 2.38 bits per heavy atom. The van der Waals surface area contributed by atoms with E-state index in [1.165, 1.54) is 62.5 Å². The molecule has 2 bridgehead atoms. The lowest BCUT2D eigenvalue weighted by atomic mass is 9.80. The lowest BCUT2D eigenvalue weighted by molar-refractivity contribution is -0.942. The fourth-order valence-corrected chi connectivity index (χ4v) is 4.77. The maximum absolute atomic E-state index is 10.3. The topological polar surface area (TPSA) is 20.2 Å². The Balaban J connectivity index is 1.78. The Kier molecular flexibility index (Phi) is 2.75. The molecule has 2 saturated carbocycles. The third-order valence-corrected chi connectivity index (χ3v) is 5.76. The van der Waals surface area contributed by atoms with Crippen molar-refractivity contribution in [2.75, 3.05) is 20.1 Å². The van der Waals surface area contributed by atoms with E-state index >= 15 is 0 Å². The van der Waals surface area contributed by atoms with Crippen molar-refractivity contribution in [2.24, 2.45) is 11.8 Å². The predicted molar refractivity (Wildman–Crippen MR) is 65.0 cm³/mol. The molecule has 1 heterocycles. The van der Waals surface area contributed by atoms with Crippen LogP contribution in [-0.2, 0) is 0 Å². The zero-order valence-electron chi connectivity index (χ0n) is 10.6. The molecule has 0 aromatic heterocycles. The molecule has 3 aliphatic rings. The molecule has 1 saturated heterocycles. The van der Waals surface area contributed by atoms with E-state index in [1.54, 1.807) is 0 Å². The Hall–Kier alpha value is -0.0800. The molecule has 4 atom stereocenters. The van der Waals surface area contributed by atoms with Gasteiger partial charge in [0.25, 0.3) is 0 Å². The van der Waals surface area contributed by atoms with Gasteiger partial charge < -0.3 is 9.59 Å². The molecule has 16 heavy (non-hydrogen) atoms. The first-order valence-electron chi connectivity index (χ1n) is 7.23. The summed E-state index contributed by atoms with van der Waals surface area (Å²) in [5.41, 5.74) is 0. The molecular weight excluding hydrogens is 198 g/mol. The van der Waals surface area contributed by atoms with Crippen LogP contribution in [0, 0.1) is 11.8 Å². The van der Waals surface area contributed by atoms with Gasteiger partial charge >= 0.3 is 0 Å². The summed E-state index contributed by atoms with van der Waals surface area (Å²) in [6, 6.07) is 0.772. The summed E-state index contributed by atoms with van der Waals surface area (Å²) in [5, 5.41) is 10.3. The second-order valence-corrected chi connectivity index (χ2v) is 6.62. The van der Waals surface area contributed by atoms with E-state index in [9.17, 15) is 5.11 Å². The number of piperidine rings is 1. The van der Waals surface area contributed by atoms with E-state index in [0.29, 0.717) is 11.8 Å². The Morgan fingerprint density at radius 1 is 0.938 bits per heavy atom. The minimum atomic E-state index is 0.0376. The fraction of sp³-hybridized carbons (Fsp3) is 1.00. The quantitative estimate of drug-likeness (QED) is 0.677. The SMILES string of the molecule is C[N+]1([C@@H]2CC[C@@H]3CC[C@@H]2[C@@H]3O)CCCCC1. The zero-order valence-corrected chi connectivity index (χ0v) is 10.6. The number of likely N-dealkylation sites (tertiary alicyclic amines) is 1. The van der Waals surface area contributed by atoms with Gasteiger partial charge in [0, 0.05) is 12.3 Å². The van der Waals surface area contributed by atoms with Gasteiger partial charge in [-0.2, -0.15) is 0 Å². The summed E-state index contributed by atoms with van der Waals surface area (Å²) in [6.07, 6.45) is 9.52. The predicted octanol–water partition coefficient (Wildman–Crippen LogP) is 2.17. The largest absolute Gasteiger partial charge is 0.392 e. The van der Waals surface area contributed by atoms with Crippen LogP contribution in [0.2, 0.25) is 0 Å². The number of aliphatic hydroxyl groups is 1. The second-order valence-electron chi connectivity index (χ2n) is 6.62. The zero-order chi connectivity index (χ0) is 11.2. The molecule has 0 unspecified atom stereocenters. The molecule has 3 fully saturated rings. The smallest absolute Gasteiger partial charge is 0.0941 e. The summed E-state index contributed by atoms with van der Waals surface area (Å²) < 4.78 is 1.27. The van der Waals surface area contributed by atoms with Gasteiger partial charge in [0.15, 0.2) is 0 Å². The van der Waals surface area contributed by atoms with Crippen molar-refractivity contribution in [2.45, 2.75) is 57.1 Å². The minimum Gasteiger partial charge on any atom is -0.392 e. The van der Waals surface area contributed by atoms with Gasteiger partial charge in [0.1, 0.15) is 0 Å². The van der Waals surface area contributed by atoms with Crippen molar-refractivity contribution in [3.05, 3.63) is 0 Å². The molecule has 0 amide bonds. The van der Waals surface area contributed by atoms with Crippen molar-refractivity contribution >= 4 is 0 Å². The van der Waals surface area contributed by atoms with E-state index in [1.807, 2.05) is 0 Å². The lowest BCUT2D eigenvalue weighted by Crippen LogP contribution is -2.60. The fourth-order valence-electron chi connectivity index (χ4n) is 4.77. The summed E-state index contributed by atoms with van der Waals surface area (Å²) in [4.78, 5) is 0. The Morgan fingerprint density at radius 2 is 1.62 bits per heavy atom. The van der Waals surface area contributed by atoms with Crippen LogP contribution in [0.25, 0.3) is 0 Å². The second kappa shape index (κ2) is 3.99. The van der Waals surface area contributed by atoms with Gasteiger partial charge in [-0.25, -0.2) is 0 Å². The molecule has 0 aromatic rings. The summed E-state index contributed by atoms with van der Waals surface area (Å²) in [5.74, 6) is 1.28. The number of hydrogen-bond donors (Lipinski definition) is 1. The molecule has 92 valence electrons. The Bertz CT molecular complexity index is 259. The first kappa shape index (κ1) is 11.0. The molecule has 3 rings (SSSR count). The average Bonchev–Trinajstić information content (AvgIpc) is 2.53. The normalized spacial score (nSPS) is 46.9. The highest BCUT2D eigenvalue weighted by molar-refractivity contribution is 4.94. The highest BCUT2D eigenvalue weighted by atomic mass is 16.3. The molecule has 0 spiro atoms. The molecule has 1 aliphatic heterocycles. The molecular formula is C14H26NO+. The van der Waals surface area contributed by atoms with Crippen molar-refractivity contribution < 1.29 is 9.59 Å². The average molecular weight is 224 g/mol.